The van der Waals surface area contributed by atoms with Crippen LogP contribution in [0.2, 0.25) is 0 Å². The number of rotatable bonds is 10. The first-order valence-corrected chi connectivity index (χ1v) is 15.4. The van der Waals surface area contributed by atoms with Gasteiger partial charge in [-0.25, -0.2) is 0 Å². The lowest BCUT2D eigenvalue weighted by Crippen LogP contribution is -2.28. The molecule has 0 atom stereocenters. The van der Waals surface area contributed by atoms with Gasteiger partial charge in [0.25, 0.3) is 0 Å². The van der Waals surface area contributed by atoms with Crippen molar-refractivity contribution in [1.29, 1.82) is 0 Å². The molecule has 1 aliphatic rings. The van der Waals surface area contributed by atoms with Crippen molar-refractivity contribution in [2.45, 2.75) is 32.1 Å². The molecule has 0 saturated carbocycles. The Morgan fingerprint density at radius 1 is 0.568 bits per heavy atom. The number of hydrogen-bond donors (Lipinski definition) is 2. The van der Waals surface area contributed by atoms with Crippen LogP contribution in [0.15, 0.2) is 84.9 Å². The zero-order chi connectivity index (χ0) is 25.8. The molecule has 5 rings (SSSR count). The van der Waals surface area contributed by atoms with Gasteiger partial charge in [0.2, 0.25) is 0 Å². The van der Waals surface area contributed by atoms with Crippen LogP contribution in [0.5, 0.6) is 0 Å². The molecule has 0 heterocycles. The highest BCUT2D eigenvalue weighted by atomic mass is 79.9. The van der Waals surface area contributed by atoms with Crippen LogP contribution in [0.4, 0.5) is 11.4 Å². The summed E-state index contributed by atoms with van der Waals surface area (Å²) in [5.41, 5.74) is 12.5. The minimum Gasteiger partial charge on any atom is -0.385 e. The lowest BCUT2D eigenvalue weighted by atomic mass is 9.67. The second-order valence-corrected chi connectivity index (χ2v) is 11.5. The van der Waals surface area contributed by atoms with Crippen molar-refractivity contribution in [1.82, 2.24) is 0 Å². The molecule has 0 unspecified atom stereocenters. The summed E-state index contributed by atoms with van der Waals surface area (Å²) in [6, 6.07) is 32.2. The van der Waals surface area contributed by atoms with E-state index in [2.05, 4.69) is 141 Å². The number of aryl methyl sites for hydroxylation is 2. The fourth-order valence-electron chi connectivity index (χ4n) is 5.62. The fraction of sp³-hybridized carbons (Fsp3) is 0.273. The molecule has 4 heteroatoms. The van der Waals surface area contributed by atoms with Gasteiger partial charge in [0.15, 0.2) is 0 Å². The lowest BCUT2D eigenvalue weighted by molar-refractivity contribution is 0.766. The van der Waals surface area contributed by atoms with E-state index in [4.69, 9.17) is 0 Å². The molecule has 2 nitrogen and oxygen atoms in total. The maximum absolute atomic E-state index is 3.56. The molecule has 190 valence electrons. The smallest absolute Gasteiger partial charge is 0.0713 e. The van der Waals surface area contributed by atoms with Crippen molar-refractivity contribution < 1.29 is 0 Å². The molecule has 1 aliphatic carbocycles. The highest BCUT2D eigenvalue weighted by Crippen LogP contribution is 2.56. The number of nitrogens with one attached hydrogen (secondary N) is 2. The van der Waals surface area contributed by atoms with Crippen LogP contribution in [0.25, 0.3) is 11.1 Å². The second kappa shape index (κ2) is 11.4. The zero-order valence-corrected chi connectivity index (χ0v) is 24.8. The van der Waals surface area contributed by atoms with Crippen molar-refractivity contribution in [3.8, 4) is 11.1 Å². The van der Waals surface area contributed by atoms with E-state index in [-0.39, 0.29) is 5.41 Å². The van der Waals surface area contributed by atoms with E-state index in [1.165, 1.54) is 44.5 Å². The van der Waals surface area contributed by atoms with Crippen molar-refractivity contribution in [2.24, 2.45) is 0 Å². The zero-order valence-electron chi connectivity index (χ0n) is 21.6. The van der Waals surface area contributed by atoms with E-state index in [9.17, 15) is 0 Å². The molecule has 0 radical (unpaired) electrons. The molecule has 0 aromatic heterocycles. The number of alkyl halides is 2. The molecule has 0 saturated heterocycles. The number of halogens is 2. The highest BCUT2D eigenvalue weighted by Gasteiger charge is 2.46. The lowest BCUT2D eigenvalue weighted by Gasteiger charge is -2.34. The minimum absolute atomic E-state index is 0.370. The van der Waals surface area contributed by atoms with Gasteiger partial charge in [0.1, 0.15) is 0 Å². The Hall–Kier alpha value is -2.56. The largest absolute Gasteiger partial charge is 0.385 e. The SMILES string of the molecule is Cc1ccc2c(c1)C(c1ccc(NCCCBr)cc1)(c1ccc(NCCCBr)cc1)c1cc(C)ccc1-2. The normalized spacial score (nSPS) is 13.2. The van der Waals surface area contributed by atoms with Gasteiger partial charge in [-0.3, -0.25) is 0 Å². The molecular weight excluding hydrogens is 584 g/mol. The molecule has 4 aromatic carbocycles. The predicted octanol–water partition coefficient (Wildman–Crippen LogP) is 9.06. The van der Waals surface area contributed by atoms with Gasteiger partial charge in [-0.1, -0.05) is 104 Å². The van der Waals surface area contributed by atoms with Crippen LogP contribution in [0.3, 0.4) is 0 Å². The summed E-state index contributed by atoms with van der Waals surface area (Å²) in [4.78, 5) is 0. The van der Waals surface area contributed by atoms with Crippen molar-refractivity contribution >= 4 is 43.2 Å². The van der Waals surface area contributed by atoms with Gasteiger partial charge in [-0.05, 0) is 84.3 Å². The van der Waals surface area contributed by atoms with E-state index < -0.39 is 0 Å². The van der Waals surface area contributed by atoms with E-state index in [1.807, 2.05) is 0 Å². The summed E-state index contributed by atoms with van der Waals surface area (Å²) in [5, 5.41) is 9.14. The summed E-state index contributed by atoms with van der Waals surface area (Å²) in [6.45, 7) is 6.33. The Labute approximate surface area is 238 Å². The van der Waals surface area contributed by atoms with Crippen LogP contribution in [0, 0.1) is 13.8 Å². The first-order valence-electron chi connectivity index (χ1n) is 13.1. The number of benzene rings is 4. The standard InChI is InChI=1S/C33H34Br2N2/c1-23-5-15-29-30-16-6-24(2)22-32(30)33(31(29)21-23,25-7-11-27(12-8-25)36-19-3-17-34)26-9-13-28(14-10-26)37-20-4-18-35/h5-16,21-22,36-37H,3-4,17-20H2,1-2H3. The molecular formula is C33H34Br2N2. The van der Waals surface area contributed by atoms with Crippen LogP contribution >= 0.6 is 31.9 Å². The number of hydrogen-bond acceptors (Lipinski definition) is 2. The molecule has 0 bridgehead atoms. The molecule has 2 N–H and O–H groups in total. The summed E-state index contributed by atoms with van der Waals surface area (Å²) in [5.74, 6) is 0. The van der Waals surface area contributed by atoms with Gasteiger partial charge in [-0.2, -0.15) is 0 Å². The summed E-state index contributed by atoms with van der Waals surface area (Å²) in [7, 11) is 0. The minimum atomic E-state index is -0.370. The molecule has 0 fully saturated rings. The van der Waals surface area contributed by atoms with Crippen molar-refractivity contribution in [3.63, 3.8) is 0 Å². The van der Waals surface area contributed by atoms with Crippen molar-refractivity contribution in [3.05, 3.63) is 118 Å². The Kier molecular flexibility index (Phi) is 8.07. The first-order chi connectivity index (χ1) is 18.1. The maximum atomic E-state index is 3.56. The Balaban J connectivity index is 1.69. The quantitative estimate of drug-likeness (QED) is 0.121. The van der Waals surface area contributed by atoms with E-state index in [0.717, 1.165) is 48.0 Å². The van der Waals surface area contributed by atoms with Crippen LogP contribution < -0.4 is 10.6 Å². The van der Waals surface area contributed by atoms with Crippen LogP contribution in [0.1, 0.15) is 46.2 Å². The first kappa shape index (κ1) is 26.1. The summed E-state index contributed by atoms with van der Waals surface area (Å²) >= 11 is 7.06. The molecule has 0 amide bonds. The monoisotopic (exact) mass is 616 g/mol. The van der Waals surface area contributed by atoms with Gasteiger partial charge < -0.3 is 10.6 Å². The topological polar surface area (TPSA) is 24.1 Å². The van der Waals surface area contributed by atoms with E-state index in [1.54, 1.807) is 0 Å². The molecule has 0 spiro atoms. The third-order valence-electron chi connectivity index (χ3n) is 7.36. The summed E-state index contributed by atoms with van der Waals surface area (Å²) < 4.78 is 0. The third kappa shape index (κ3) is 4.98. The second-order valence-electron chi connectivity index (χ2n) is 9.94. The van der Waals surface area contributed by atoms with Crippen LogP contribution in [-0.2, 0) is 5.41 Å². The van der Waals surface area contributed by atoms with Crippen LogP contribution in [-0.4, -0.2) is 23.7 Å². The van der Waals surface area contributed by atoms with Gasteiger partial charge in [-0.15, -0.1) is 0 Å². The maximum Gasteiger partial charge on any atom is 0.0713 e. The van der Waals surface area contributed by atoms with E-state index in [0.29, 0.717) is 0 Å². The van der Waals surface area contributed by atoms with Gasteiger partial charge in [0, 0.05) is 35.1 Å². The molecule has 37 heavy (non-hydrogen) atoms. The van der Waals surface area contributed by atoms with E-state index >= 15 is 0 Å². The molecule has 0 aliphatic heterocycles. The third-order valence-corrected chi connectivity index (χ3v) is 8.48. The van der Waals surface area contributed by atoms with Gasteiger partial charge in [0.05, 0.1) is 5.41 Å². The number of fused-ring (bicyclic) bond motifs is 3. The summed E-state index contributed by atoms with van der Waals surface area (Å²) in [6.07, 6.45) is 2.20. The Morgan fingerprint density at radius 3 is 1.35 bits per heavy atom. The van der Waals surface area contributed by atoms with Gasteiger partial charge >= 0.3 is 0 Å². The molecule has 4 aromatic rings. The fourth-order valence-corrected chi connectivity index (χ4v) is 6.18. The Morgan fingerprint density at radius 2 is 0.973 bits per heavy atom. The van der Waals surface area contributed by atoms with Crippen molar-refractivity contribution in [2.75, 3.05) is 34.4 Å². The Bertz CT molecular complexity index is 1250. The highest BCUT2D eigenvalue weighted by molar-refractivity contribution is 9.09. The number of anilines is 2. The average Bonchev–Trinajstić information content (AvgIpc) is 3.19. The average molecular weight is 618 g/mol. The predicted molar refractivity (Wildman–Crippen MR) is 167 cm³/mol.